The number of allylic oxidation sites excluding steroid dienone is 1. The average Bonchev–Trinajstić information content (AvgIpc) is 2.87. The molecular formula is C26H25F17N2O5. The van der Waals surface area contributed by atoms with Crippen LogP contribution >= 0.6 is 0 Å². The van der Waals surface area contributed by atoms with Crippen LogP contribution in [0.2, 0.25) is 0 Å². The standard InChI is InChI=1S/C26H25F17N2O5/c1-10-8-12(45-17(47)50-19(5,6)7)13(9-11(10)44-16(46)49-18(2,3)4)48-15(28)14(27)20(29,30)21(31,32)22(33,34)23(35,36)24(37,38)25(39,40)26(41,42)43/h8-9H,1-7H3,(H,44,46)(H,45,47). The van der Waals surface area contributed by atoms with Gasteiger partial charge in [0.25, 0.3) is 0 Å². The number of hydrogen-bond donors (Lipinski definition) is 2. The number of benzene rings is 1. The van der Waals surface area contributed by atoms with Crippen molar-refractivity contribution in [2.75, 3.05) is 10.6 Å². The van der Waals surface area contributed by atoms with Gasteiger partial charge in [-0.3, -0.25) is 10.6 Å². The number of halogens is 17. The van der Waals surface area contributed by atoms with Gasteiger partial charge in [0.2, 0.25) is 5.83 Å². The van der Waals surface area contributed by atoms with E-state index < -0.39 is 94.1 Å². The summed E-state index contributed by atoms with van der Waals surface area (Å²) in [6.45, 7) is 9.10. The molecule has 24 heteroatoms. The topological polar surface area (TPSA) is 85.9 Å². The molecule has 0 heterocycles. The summed E-state index contributed by atoms with van der Waals surface area (Å²) < 4.78 is 245. The highest BCUT2D eigenvalue weighted by Crippen LogP contribution is 2.63. The summed E-state index contributed by atoms with van der Waals surface area (Å²) in [5.41, 5.74) is -4.18. The van der Waals surface area contributed by atoms with Crippen molar-refractivity contribution in [3.8, 4) is 5.75 Å². The molecule has 288 valence electrons. The summed E-state index contributed by atoms with van der Waals surface area (Å²) in [6, 6.07) is -2.76. The van der Waals surface area contributed by atoms with Gasteiger partial charge in [0, 0.05) is 6.07 Å². The zero-order valence-corrected chi connectivity index (χ0v) is 26.1. The first kappa shape index (κ1) is 44.1. The van der Waals surface area contributed by atoms with Crippen LogP contribution in [0, 0.1) is 6.92 Å². The molecule has 0 atom stereocenters. The Morgan fingerprint density at radius 2 is 0.920 bits per heavy atom. The highest BCUT2D eigenvalue weighted by Gasteiger charge is 2.94. The van der Waals surface area contributed by atoms with E-state index in [1.54, 1.807) is 5.32 Å². The molecule has 0 aliphatic carbocycles. The SMILES string of the molecule is Cc1cc(NC(=O)OC(C)(C)C)c(OC(F)=C(F)C(F)(F)C(F)(F)C(F)(F)C(F)(F)C(F)(F)C(F)(F)C(F)(F)F)cc1NC(=O)OC(C)(C)C. The lowest BCUT2D eigenvalue weighted by Gasteiger charge is -2.41. The van der Waals surface area contributed by atoms with Gasteiger partial charge < -0.3 is 14.2 Å². The monoisotopic (exact) mass is 768 g/mol. The van der Waals surface area contributed by atoms with E-state index in [0.29, 0.717) is 12.1 Å². The zero-order chi connectivity index (χ0) is 40.1. The third-order valence-electron chi connectivity index (χ3n) is 5.57. The minimum absolute atomic E-state index is 0.158. The number of nitrogens with one attached hydrogen (secondary N) is 2. The van der Waals surface area contributed by atoms with Gasteiger partial charge in [-0.2, -0.15) is 74.6 Å². The molecule has 2 amide bonds. The molecule has 0 aromatic heterocycles. The third-order valence-corrected chi connectivity index (χ3v) is 5.57. The van der Waals surface area contributed by atoms with Crippen molar-refractivity contribution in [2.45, 2.75) is 101 Å². The number of rotatable bonds is 10. The average molecular weight is 768 g/mol. The lowest BCUT2D eigenvalue weighted by atomic mass is 9.91. The molecule has 1 aromatic rings. The molecule has 1 rings (SSSR count). The van der Waals surface area contributed by atoms with E-state index in [1.165, 1.54) is 41.5 Å². The highest BCUT2D eigenvalue weighted by molar-refractivity contribution is 5.91. The van der Waals surface area contributed by atoms with E-state index in [0.717, 1.165) is 6.92 Å². The van der Waals surface area contributed by atoms with Crippen LogP contribution in [0.5, 0.6) is 5.75 Å². The van der Waals surface area contributed by atoms with Crippen molar-refractivity contribution in [3.05, 3.63) is 29.5 Å². The fraction of sp³-hybridized carbons (Fsp3) is 0.615. The molecule has 0 aliphatic rings. The summed E-state index contributed by atoms with van der Waals surface area (Å²) in [7, 11) is 0. The summed E-state index contributed by atoms with van der Waals surface area (Å²) in [6.07, 6.45) is -10.6. The van der Waals surface area contributed by atoms with Crippen molar-refractivity contribution in [1.82, 2.24) is 0 Å². The predicted molar refractivity (Wildman–Crippen MR) is 136 cm³/mol. The van der Waals surface area contributed by atoms with Crippen molar-refractivity contribution in [2.24, 2.45) is 0 Å². The Labute approximate surface area is 270 Å². The molecule has 0 fully saturated rings. The van der Waals surface area contributed by atoms with Crippen LogP contribution in [0.25, 0.3) is 0 Å². The maximum Gasteiger partial charge on any atom is 0.460 e. The van der Waals surface area contributed by atoms with Gasteiger partial charge >= 0.3 is 59.9 Å². The first-order valence-electron chi connectivity index (χ1n) is 13.0. The second kappa shape index (κ2) is 13.3. The molecule has 0 saturated carbocycles. The first-order chi connectivity index (χ1) is 21.8. The molecule has 1 aromatic carbocycles. The minimum Gasteiger partial charge on any atom is -0.444 e. The van der Waals surface area contributed by atoms with Crippen LogP contribution < -0.4 is 15.4 Å². The van der Waals surface area contributed by atoms with Gasteiger partial charge in [-0.15, -0.1) is 0 Å². The van der Waals surface area contributed by atoms with E-state index in [2.05, 4.69) is 4.74 Å². The van der Waals surface area contributed by atoms with Crippen molar-refractivity contribution >= 4 is 23.6 Å². The number of aryl methyl sites for hydroxylation is 1. The fourth-order valence-corrected chi connectivity index (χ4v) is 3.20. The van der Waals surface area contributed by atoms with Crippen LogP contribution in [0.3, 0.4) is 0 Å². The lowest BCUT2D eigenvalue weighted by Crippen LogP contribution is -2.72. The lowest BCUT2D eigenvalue weighted by molar-refractivity contribution is -0.451. The summed E-state index contributed by atoms with van der Waals surface area (Å²) >= 11 is 0. The van der Waals surface area contributed by atoms with Gasteiger partial charge in [-0.25, -0.2) is 9.59 Å². The minimum atomic E-state index is -8.76. The number of ether oxygens (including phenoxy) is 3. The van der Waals surface area contributed by atoms with Crippen LogP contribution in [0.1, 0.15) is 47.1 Å². The van der Waals surface area contributed by atoms with E-state index in [4.69, 9.17) is 9.47 Å². The van der Waals surface area contributed by atoms with Crippen molar-refractivity contribution in [3.63, 3.8) is 0 Å². The van der Waals surface area contributed by atoms with E-state index in [9.17, 15) is 84.2 Å². The largest absolute Gasteiger partial charge is 0.460 e. The van der Waals surface area contributed by atoms with Crippen LogP contribution in [-0.4, -0.2) is 65.1 Å². The Hall–Kier alpha value is -3.89. The quantitative estimate of drug-likeness (QED) is 0.183. The summed E-state index contributed by atoms with van der Waals surface area (Å²) in [5, 5.41) is 3.76. The zero-order valence-electron chi connectivity index (χ0n) is 26.1. The fourth-order valence-electron chi connectivity index (χ4n) is 3.20. The molecule has 0 saturated heterocycles. The Morgan fingerprint density at radius 3 is 1.30 bits per heavy atom. The Balaban J connectivity index is 3.83. The van der Waals surface area contributed by atoms with Crippen molar-refractivity contribution in [1.29, 1.82) is 0 Å². The maximum atomic E-state index is 14.6. The van der Waals surface area contributed by atoms with Crippen molar-refractivity contribution < 1.29 is 98.4 Å². The third kappa shape index (κ3) is 8.52. The molecule has 0 aliphatic heterocycles. The van der Waals surface area contributed by atoms with E-state index in [-0.39, 0.29) is 5.56 Å². The Morgan fingerprint density at radius 1 is 0.560 bits per heavy atom. The smallest absolute Gasteiger partial charge is 0.444 e. The molecular weight excluding hydrogens is 743 g/mol. The van der Waals surface area contributed by atoms with Gasteiger partial charge in [-0.05, 0) is 60.1 Å². The van der Waals surface area contributed by atoms with Crippen LogP contribution in [0.4, 0.5) is 95.6 Å². The summed E-state index contributed by atoms with van der Waals surface area (Å²) in [5.74, 6) is -56.7. The summed E-state index contributed by atoms with van der Waals surface area (Å²) in [4.78, 5) is 24.4. The Kier molecular flexibility index (Phi) is 11.8. The number of carbonyl (C=O) groups excluding carboxylic acids is 2. The number of alkyl halides is 15. The molecule has 0 bridgehead atoms. The number of hydrogen-bond acceptors (Lipinski definition) is 5. The highest BCUT2D eigenvalue weighted by atomic mass is 19.4. The number of carbonyl (C=O) groups is 2. The van der Waals surface area contributed by atoms with E-state index in [1.807, 2.05) is 5.32 Å². The van der Waals surface area contributed by atoms with Gasteiger partial charge in [0.1, 0.15) is 11.2 Å². The Bertz CT molecular complexity index is 1480. The second-order valence-electron chi connectivity index (χ2n) is 12.1. The molecule has 0 radical (unpaired) electrons. The molecule has 0 unspecified atom stereocenters. The van der Waals surface area contributed by atoms with Gasteiger partial charge in [0.05, 0.1) is 11.4 Å². The number of anilines is 2. The molecule has 7 nitrogen and oxygen atoms in total. The van der Waals surface area contributed by atoms with E-state index >= 15 is 0 Å². The van der Waals surface area contributed by atoms with Crippen LogP contribution in [0.15, 0.2) is 24.0 Å². The first-order valence-corrected chi connectivity index (χ1v) is 13.0. The number of amides is 2. The normalized spacial score (nSPS) is 14.9. The van der Waals surface area contributed by atoms with Gasteiger partial charge in [0.15, 0.2) is 5.75 Å². The molecule has 0 spiro atoms. The second-order valence-corrected chi connectivity index (χ2v) is 12.1. The maximum absolute atomic E-state index is 14.6. The molecule has 2 N–H and O–H groups in total. The predicted octanol–water partition coefficient (Wildman–Crippen LogP) is 10.6. The van der Waals surface area contributed by atoms with Crippen LogP contribution in [-0.2, 0) is 9.47 Å². The van der Waals surface area contributed by atoms with Gasteiger partial charge in [-0.1, -0.05) is 0 Å². The molecule has 50 heavy (non-hydrogen) atoms.